The van der Waals surface area contributed by atoms with Crippen molar-refractivity contribution in [2.24, 2.45) is 0 Å². The summed E-state index contributed by atoms with van der Waals surface area (Å²) >= 11 is 0. The van der Waals surface area contributed by atoms with Crippen LogP contribution in [0.25, 0.3) is 10.9 Å². The zero-order chi connectivity index (χ0) is 13.3. The number of benzene rings is 1. The van der Waals surface area contributed by atoms with Crippen LogP contribution in [0.15, 0.2) is 18.2 Å². The zero-order valence-corrected chi connectivity index (χ0v) is 10.6. The first-order valence-electron chi connectivity index (χ1n) is 6.00. The number of aromatic nitrogens is 1. The standard InChI is InChI=1S/C14H17NO3/c1-9-10(2)15(6-3-7-16)13-5-4-11(14(17)18)8-12(9)13/h4-5,8,16H,3,6-7H2,1-2H3,(H,17,18). The van der Waals surface area contributed by atoms with Crippen LogP contribution < -0.4 is 0 Å². The predicted octanol–water partition coefficient (Wildman–Crippen LogP) is 2.34. The van der Waals surface area contributed by atoms with Crippen molar-refractivity contribution < 1.29 is 15.0 Å². The highest BCUT2D eigenvalue weighted by atomic mass is 16.4. The lowest BCUT2D eigenvalue weighted by Gasteiger charge is -2.07. The topological polar surface area (TPSA) is 62.5 Å². The predicted molar refractivity (Wildman–Crippen MR) is 70.1 cm³/mol. The third-order valence-corrected chi connectivity index (χ3v) is 3.43. The molecule has 0 saturated heterocycles. The highest BCUT2D eigenvalue weighted by molar-refractivity contribution is 5.95. The molecule has 0 amide bonds. The Morgan fingerprint density at radius 1 is 1.33 bits per heavy atom. The maximum atomic E-state index is 11.0. The molecule has 1 heterocycles. The first-order valence-corrected chi connectivity index (χ1v) is 6.00. The smallest absolute Gasteiger partial charge is 0.335 e. The van der Waals surface area contributed by atoms with Gasteiger partial charge in [-0.3, -0.25) is 0 Å². The average Bonchev–Trinajstić information content (AvgIpc) is 2.60. The molecule has 0 aliphatic heterocycles. The van der Waals surface area contributed by atoms with E-state index < -0.39 is 5.97 Å². The van der Waals surface area contributed by atoms with Crippen LogP contribution in [-0.4, -0.2) is 27.4 Å². The Morgan fingerprint density at radius 2 is 2.06 bits per heavy atom. The number of carboxylic acid groups (broad SMARTS) is 1. The van der Waals surface area contributed by atoms with Gasteiger partial charge in [0.2, 0.25) is 0 Å². The quantitative estimate of drug-likeness (QED) is 0.871. The number of rotatable bonds is 4. The fraction of sp³-hybridized carbons (Fsp3) is 0.357. The van der Waals surface area contributed by atoms with Crippen molar-refractivity contribution in [3.05, 3.63) is 35.0 Å². The average molecular weight is 247 g/mol. The van der Waals surface area contributed by atoms with Crippen LogP contribution in [0.4, 0.5) is 0 Å². The van der Waals surface area contributed by atoms with Crippen molar-refractivity contribution >= 4 is 16.9 Å². The summed E-state index contributed by atoms with van der Waals surface area (Å²) in [6, 6.07) is 5.19. The second-order valence-corrected chi connectivity index (χ2v) is 4.48. The fourth-order valence-electron chi connectivity index (χ4n) is 2.30. The summed E-state index contributed by atoms with van der Waals surface area (Å²) in [7, 11) is 0. The Hall–Kier alpha value is -1.81. The Kier molecular flexibility index (Phi) is 3.39. The normalized spacial score (nSPS) is 11.1. The molecule has 96 valence electrons. The van der Waals surface area contributed by atoms with E-state index in [1.54, 1.807) is 12.1 Å². The number of nitrogens with zero attached hydrogens (tertiary/aromatic N) is 1. The van der Waals surface area contributed by atoms with Gasteiger partial charge in [-0.1, -0.05) is 0 Å². The Bertz CT molecular complexity index is 599. The monoisotopic (exact) mass is 247 g/mol. The lowest BCUT2D eigenvalue weighted by atomic mass is 10.1. The molecule has 0 spiro atoms. The van der Waals surface area contributed by atoms with Gasteiger partial charge in [-0.15, -0.1) is 0 Å². The van der Waals surface area contributed by atoms with Crippen molar-refractivity contribution in [2.75, 3.05) is 6.61 Å². The number of fused-ring (bicyclic) bond motifs is 1. The SMILES string of the molecule is Cc1c(C)n(CCCO)c2ccc(C(=O)O)cc12. The molecule has 0 aliphatic carbocycles. The Labute approximate surface area is 105 Å². The van der Waals surface area contributed by atoms with Crippen molar-refractivity contribution in [3.63, 3.8) is 0 Å². The molecule has 0 unspecified atom stereocenters. The molecular formula is C14H17NO3. The van der Waals surface area contributed by atoms with Crippen molar-refractivity contribution in [1.82, 2.24) is 4.57 Å². The van der Waals surface area contributed by atoms with E-state index >= 15 is 0 Å². The van der Waals surface area contributed by atoms with Gasteiger partial charge in [0.25, 0.3) is 0 Å². The number of hydrogen-bond acceptors (Lipinski definition) is 2. The third kappa shape index (κ3) is 1.99. The van der Waals surface area contributed by atoms with Gasteiger partial charge < -0.3 is 14.8 Å². The summed E-state index contributed by atoms with van der Waals surface area (Å²) in [6.45, 7) is 4.93. The number of aryl methyl sites for hydroxylation is 2. The van der Waals surface area contributed by atoms with Gasteiger partial charge in [0, 0.05) is 29.7 Å². The molecule has 2 N–H and O–H groups in total. The maximum absolute atomic E-state index is 11.0. The van der Waals surface area contributed by atoms with E-state index in [0.717, 1.165) is 28.7 Å². The molecule has 18 heavy (non-hydrogen) atoms. The fourth-order valence-corrected chi connectivity index (χ4v) is 2.30. The first-order chi connectivity index (χ1) is 8.56. The molecule has 0 fully saturated rings. The molecule has 2 rings (SSSR count). The molecule has 0 bridgehead atoms. The van der Waals surface area contributed by atoms with Crippen LogP contribution in [0.5, 0.6) is 0 Å². The maximum Gasteiger partial charge on any atom is 0.335 e. The van der Waals surface area contributed by atoms with Crippen LogP contribution in [-0.2, 0) is 6.54 Å². The number of carboxylic acids is 1. The summed E-state index contributed by atoms with van der Waals surface area (Å²) in [4.78, 5) is 11.0. The minimum Gasteiger partial charge on any atom is -0.478 e. The van der Waals surface area contributed by atoms with E-state index in [2.05, 4.69) is 4.57 Å². The van der Waals surface area contributed by atoms with Gasteiger partial charge in [0.15, 0.2) is 0 Å². The van der Waals surface area contributed by atoms with Crippen molar-refractivity contribution in [2.45, 2.75) is 26.8 Å². The van der Waals surface area contributed by atoms with E-state index in [1.165, 1.54) is 0 Å². The minimum absolute atomic E-state index is 0.158. The second kappa shape index (κ2) is 4.82. The zero-order valence-electron chi connectivity index (χ0n) is 10.6. The second-order valence-electron chi connectivity index (χ2n) is 4.48. The highest BCUT2D eigenvalue weighted by Gasteiger charge is 2.12. The van der Waals surface area contributed by atoms with E-state index in [1.807, 2.05) is 19.9 Å². The van der Waals surface area contributed by atoms with Crippen LogP contribution in [0.1, 0.15) is 28.0 Å². The van der Waals surface area contributed by atoms with Crippen molar-refractivity contribution in [1.29, 1.82) is 0 Å². The van der Waals surface area contributed by atoms with Crippen LogP contribution in [0.2, 0.25) is 0 Å². The van der Waals surface area contributed by atoms with Gasteiger partial charge in [-0.25, -0.2) is 4.79 Å². The first kappa shape index (κ1) is 12.6. The molecule has 1 aromatic heterocycles. The van der Waals surface area contributed by atoms with Gasteiger partial charge in [-0.05, 0) is 44.0 Å². The highest BCUT2D eigenvalue weighted by Crippen LogP contribution is 2.26. The van der Waals surface area contributed by atoms with E-state index in [0.29, 0.717) is 12.0 Å². The molecule has 4 heteroatoms. The van der Waals surface area contributed by atoms with E-state index in [4.69, 9.17) is 10.2 Å². The summed E-state index contributed by atoms with van der Waals surface area (Å²) < 4.78 is 2.13. The van der Waals surface area contributed by atoms with Crippen molar-refractivity contribution in [3.8, 4) is 0 Å². The van der Waals surface area contributed by atoms with E-state index in [9.17, 15) is 4.79 Å². The molecule has 2 aromatic rings. The molecule has 4 nitrogen and oxygen atoms in total. The van der Waals surface area contributed by atoms with Crippen LogP contribution >= 0.6 is 0 Å². The molecule has 0 radical (unpaired) electrons. The third-order valence-electron chi connectivity index (χ3n) is 3.43. The largest absolute Gasteiger partial charge is 0.478 e. The van der Waals surface area contributed by atoms with Gasteiger partial charge in [0.1, 0.15) is 0 Å². The molecule has 0 saturated carbocycles. The number of aliphatic hydroxyl groups is 1. The molecule has 0 atom stereocenters. The number of aromatic carboxylic acids is 1. The Balaban J connectivity index is 2.60. The lowest BCUT2D eigenvalue weighted by molar-refractivity contribution is 0.0697. The minimum atomic E-state index is -0.905. The lowest BCUT2D eigenvalue weighted by Crippen LogP contribution is -2.02. The molecule has 0 aliphatic rings. The summed E-state index contributed by atoms with van der Waals surface area (Å²) in [5.74, 6) is -0.905. The molecular weight excluding hydrogens is 230 g/mol. The van der Waals surface area contributed by atoms with Gasteiger partial charge in [-0.2, -0.15) is 0 Å². The Morgan fingerprint density at radius 3 is 2.67 bits per heavy atom. The van der Waals surface area contributed by atoms with E-state index in [-0.39, 0.29) is 6.61 Å². The van der Waals surface area contributed by atoms with Gasteiger partial charge in [0.05, 0.1) is 5.56 Å². The number of aliphatic hydroxyl groups excluding tert-OH is 1. The summed E-state index contributed by atoms with van der Waals surface area (Å²) in [6.07, 6.45) is 0.699. The molecule has 1 aromatic carbocycles. The summed E-state index contributed by atoms with van der Waals surface area (Å²) in [5, 5.41) is 18.9. The number of hydrogen-bond donors (Lipinski definition) is 2. The van der Waals surface area contributed by atoms with Gasteiger partial charge >= 0.3 is 5.97 Å². The van der Waals surface area contributed by atoms with Crippen LogP contribution in [0, 0.1) is 13.8 Å². The summed E-state index contributed by atoms with van der Waals surface area (Å²) in [5.41, 5.74) is 3.57. The van der Waals surface area contributed by atoms with Crippen LogP contribution in [0.3, 0.4) is 0 Å². The number of carbonyl (C=O) groups is 1.